The van der Waals surface area contributed by atoms with Crippen LogP contribution in [0.25, 0.3) is 0 Å². The lowest BCUT2D eigenvalue weighted by atomic mass is 9.98. The van der Waals surface area contributed by atoms with Crippen LogP contribution in [0.3, 0.4) is 0 Å². The van der Waals surface area contributed by atoms with Gasteiger partial charge < -0.3 is 16.4 Å². The van der Waals surface area contributed by atoms with Crippen molar-refractivity contribution in [3.05, 3.63) is 0 Å². The molecule has 0 aliphatic heterocycles. The highest BCUT2D eigenvalue weighted by atomic mass is 16.2. The summed E-state index contributed by atoms with van der Waals surface area (Å²) in [6.07, 6.45) is 3.83. The monoisotopic (exact) mass is 213 g/mol. The maximum absolute atomic E-state index is 11.7. The van der Waals surface area contributed by atoms with Crippen molar-refractivity contribution in [2.75, 3.05) is 13.6 Å². The first-order valence-electron chi connectivity index (χ1n) is 5.36. The molecule has 0 aromatic rings. The predicted molar refractivity (Wildman–Crippen MR) is 57.1 cm³/mol. The van der Waals surface area contributed by atoms with Gasteiger partial charge in [0.25, 0.3) is 0 Å². The molecule has 0 aromatic carbocycles. The summed E-state index contributed by atoms with van der Waals surface area (Å²) in [5, 5.41) is 5.20. The van der Waals surface area contributed by atoms with Crippen LogP contribution in [0.2, 0.25) is 0 Å². The molecule has 1 saturated carbocycles. The van der Waals surface area contributed by atoms with Crippen LogP contribution in [0.15, 0.2) is 0 Å². The number of rotatable bonds is 4. The van der Waals surface area contributed by atoms with Crippen molar-refractivity contribution in [3.8, 4) is 0 Å². The van der Waals surface area contributed by atoms with E-state index < -0.39 is 5.54 Å². The summed E-state index contributed by atoms with van der Waals surface area (Å²) in [6, 6.07) is 0. The zero-order valence-corrected chi connectivity index (χ0v) is 9.14. The highest BCUT2D eigenvalue weighted by Crippen LogP contribution is 2.26. The second kappa shape index (κ2) is 5.11. The summed E-state index contributed by atoms with van der Waals surface area (Å²) in [4.78, 5) is 22.6. The fourth-order valence-electron chi connectivity index (χ4n) is 1.82. The highest BCUT2D eigenvalue weighted by Gasteiger charge is 2.36. The van der Waals surface area contributed by atoms with Crippen molar-refractivity contribution < 1.29 is 9.59 Å². The molecule has 2 amide bonds. The number of hydrogen-bond donors (Lipinski definition) is 3. The SMILES string of the molecule is CNC(=O)CCNC(=O)C1(N)CCCC1. The van der Waals surface area contributed by atoms with E-state index in [9.17, 15) is 9.59 Å². The quantitative estimate of drug-likeness (QED) is 0.589. The maximum Gasteiger partial charge on any atom is 0.240 e. The first kappa shape index (κ1) is 12.0. The van der Waals surface area contributed by atoms with Crippen molar-refractivity contribution in [2.45, 2.75) is 37.6 Å². The van der Waals surface area contributed by atoms with E-state index in [1.165, 1.54) is 0 Å². The third-order valence-corrected chi connectivity index (χ3v) is 2.86. The van der Waals surface area contributed by atoms with E-state index in [0.29, 0.717) is 13.0 Å². The number of carbonyl (C=O) groups excluding carboxylic acids is 2. The summed E-state index contributed by atoms with van der Waals surface area (Å²) in [5.41, 5.74) is 5.25. The molecular formula is C10H19N3O2. The smallest absolute Gasteiger partial charge is 0.240 e. The first-order chi connectivity index (χ1) is 7.08. The average molecular weight is 213 g/mol. The molecule has 0 saturated heterocycles. The third-order valence-electron chi connectivity index (χ3n) is 2.86. The lowest BCUT2D eigenvalue weighted by Crippen LogP contribution is -2.52. The average Bonchev–Trinajstić information content (AvgIpc) is 2.66. The predicted octanol–water partition coefficient (Wildman–Crippen LogP) is -0.490. The molecule has 1 aliphatic rings. The molecule has 0 spiro atoms. The van der Waals surface area contributed by atoms with Crippen LogP contribution >= 0.6 is 0 Å². The van der Waals surface area contributed by atoms with Gasteiger partial charge in [-0.05, 0) is 12.8 Å². The van der Waals surface area contributed by atoms with Crippen molar-refractivity contribution in [1.82, 2.24) is 10.6 Å². The minimum Gasteiger partial charge on any atom is -0.359 e. The molecule has 1 fully saturated rings. The van der Waals surface area contributed by atoms with E-state index in [1.54, 1.807) is 7.05 Å². The third kappa shape index (κ3) is 3.20. The second-order valence-electron chi connectivity index (χ2n) is 4.04. The molecule has 0 radical (unpaired) electrons. The normalized spacial score (nSPS) is 18.5. The van der Waals surface area contributed by atoms with E-state index in [-0.39, 0.29) is 11.8 Å². The van der Waals surface area contributed by atoms with E-state index >= 15 is 0 Å². The van der Waals surface area contributed by atoms with Crippen LogP contribution in [-0.2, 0) is 9.59 Å². The number of hydrogen-bond acceptors (Lipinski definition) is 3. The van der Waals surface area contributed by atoms with Crippen molar-refractivity contribution in [2.24, 2.45) is 5.73 Å². The van der Waals surface area contributed by atoms with E-state index in [1.807, 2.05) is 0 Å². The van der Waals surface area contributed by atoms with E-state index in [2.05, 4.69) is 10.6 Å². The molecular weight excluding hydrogens is 194 g/mol. The largest absolute Gasteiger partial charge is 0.359 e. The zero-order chi connectivity index (χ0) is 11.3. The van der Waals surface area contributed by atoms with Crippen LogP contribution < -0.4 is 16.4 Å². The summed E-state index contributed by atoms with van der Waals surface area (Å²) >= 11 is 0. The van der Waals surface area contributed by atoms with E-state index in [0.717, 1.165) is 25.7 Å². The van der Waals surface area contributed by atoms with Crippen molar-refractivity contribution >= 4 is 11.8 Å². The Labute approximate surface area is 89.8 Å². The van der Waals surface area contributed by atoms with Crippen LogP contribution in [0.5, 0.6) is 0 Å². The molecule has 1 aliphatic carbocycles. The van der Waals surface area contributed by atoms with Gasteiger partial charge in [-0.2, -0.15) is 0 Å². The molecule has 4 N–H and O–H groups in total. The lowest BCUT2D eigenvalue weighted by Gasteiger charge is -2.22. The van der Waals surface area contributed by atoms with Crippen molar-refractivity contribution in [3.63, 3.8) is 0 Å². The molecule has 0 unspecified atom stereocenters. The summed E-state index contributed by atoms with van der Waals surface area (Å²) in [7, 11) is 1.57. The Balaban J connectivity index is 2.26. The Kier molecular flexibility index (Phi) is 4.08. The Morgan fingerprint density at radius 2 is 1.93 bits per heavy atom. The Morgan fingerprint density at radius 3 is 2.47 bits per heavy atom. The highest BCUT2D eigenvalue weighted by molar-refractivity contribution is 5.86. The zero-order valence-electron chi connectivity index (χ0n) is 9.14. The van der Waals surface area contributed by atoms with Crippen LogP contribution in [-0.4, -0.2) is 30.9 Å². The molecule has 5 heteroatoms. The Morgan fingerprint density at radius 1 is 1.33 bits per heavy atom. The molecule has 0 atom stereocenters. The van der Waals surface area contributed by atoms with Gasteiger partial charge in [-0.15, -0.1) is 0 Å². The minimum atomic E-state index is -0.692. The molecule has 1 rings (SSSR count). The topological polar surface area (TPSA) is 84.2 Å². The Hall–Kier alpha value is -1.10. The van der Waals surface area contributed by atoms with Gasteiger partial charge in [0, 0.05) is 20.0 Å². The molecule has 0 heterocycles. The minimum absolute atomic E-state index is 0.0761. The Bertz CT molecular complexity index is 247. The van der Waals surface area contributed by atoms with Crippen molar-refractivity contribution in [1.29, 1.82) is 0 Å². The summed E-state index contributed by atoms with van der Waals surface area (Å²) < 4.78 is 0. The molecule has 86 valence electrons. The van der Waals surface area contributed by atoms with E-state index in [4.69, 9.17) is 5.73 Å². The van der Waals surface area contributed by atoms with Gasteiger partial charge in [-0.25, -0.2) is 0 Å². The molecule has 0 aromatic heterocycles. The fourth-order valence-corrected chi connectivity index (χ4v) is 1.82. The van der Waals surface area contributed by atoms with Gasteiger partial charge in [-0.3, -0.25) is 9.59 Å². The molecule has 15 heavy (non-hydrogen) atoms. The number of nitrogens with two attached hydrogens (primary N) is 1. The van der Waals surface area contributed by atoms with Gasteiger partial charge in [-0.1, -0.05) is 12.8 Å². The van der Waals surface area contributed by atoms with Gasteiger partial charge in [0.05, 0.1) is 5.54 Å². The second-order valence-corrected chi connectivity index (χ2v) is 4.04. The van der Waals surface area contributed by atoms with Gasteiger partial charge in [0.2, 0.25) is 11.8 Å². The van der Waals surface area contributed by atoms with Gasteiger partial charge >= 0.3 is 0 Å². The lowest BCUT2D eigenvalue weighted by molar-refractivity contribution is -0.126. The fraction of sp³-hybridized carbons (Fsp3) is 0.800. The van der Waals surface area contributed by atoms with Gasteiger partial charge in [0.1, 0.15) is 0 Å². The standard InChI is InChI=1S/C10H19N3O2/c1-12-8(14)4-7-13-9(15)10(11)5-2-3-6-10/h2-7,11H2,1H3,(H,12,14)(H,13,15). The molecule has 5 nitrogen and oxygen atoms in total. The van der Waals surface area contributed by atoms with Gasteiger partial charge in [0.15, 0.2) is 0 Å². The summed E-state index contributed by atoms with van der Waals surface area (Å²) in [6.45, 7) is 0.359. The maximum atomic E-state index is 11.7. The number of carbonyl (C=O) groups is 2. The van der Waals surface area contributed by atoms with Crippen LogP contribution in [0.1, 0.15) is 32.1 Å². The van der Waals surface area contributed by atoms with Crippen LogP contribution in [0.4, 0.5) is 0 Å². The first-order valence-corrected chi connectivity index (χ1v) is 5.36. The number of amides is 2. The number of nitrogens with one attached hydrogen (secondary N) is 2. The molecule has 0 bridgehead atoms. The van der Waals surface area contributed by atoms with Crippen LogP contribution in [0, 0.1) is 0 Å². The summed E-state index contributed by atoms with van der Waals surface area (Å²) in [5.74, 6) is -0.198.